The monoisotopic (exact) mass is 552 g/mol. The molecule has 0 saturated heterocycles. The second kappa shape index (κ2) is 11.9. The fraction of sp³-hybridized carbons (Fsp3) is 0.292. The van der Waals surface area contributed by atoms with Crippen molar-refractivity contribution in [1.82, 2.24) is 15.1 Å². The van der Waals surface area contributed by atoms with Gasteiger partial charge in [-0.3, -0.25) is 20.0 Å². The van der Waals surface area contributed by atoms with E-state index in [1.165, 1.54) is 28.0 Å². The zero-order valence-corrected chi connectivity index (χ0v) is 22.1. The van der Waals surface area contributed by atoms with Gasteiger partial charge in [0.2, 0.25) is 5.91 Å². The Bertz CT molecular complexity index is 1310. The fourth-order valence-electron chi connectivity index (χ4n) is 3.51. The number of likely N-dealkylation sites (N-methyl/N-ethyl adjacent to an activating group) is 1. The zero-order valence-electron chi connectivity index (χ0n) is 19.7. The van der Waals surface area contributed by atoms with Gasteiger partial charge in [-0.2, -0.15) is 0 Å². The first-order chi connectivity index (χ1) is 17.0. The fourth-order valence-corrected chi connectivity index (χ4v) is 5.48. The van der Waals surface area contributed by atoms with Crippen LogP contribution in [0, 0.1) is 6.92 Å². The molecule has 0 spiro atoms. The van der Waals surface area contributed by atoms with Crippen LogP contribution in [0.1, 0.15) is 16.7 Å². The molecule has 192 valence electrons. The average Bonchev–Trinajstić information content (AvgIpc) is 3.33. The summed E-state index contributed by atoms with van der Waals surface area (Å²) in [6.07, 6.45) is 1.87. The van der Waals surface area contributed by atoms with Crippen LogP contribution in [-0.2, 0) is 21.2 Å². The van der Waals surface area contributed by atoms with Gasteiger partial charge in [0.05, 0.1) is 23.0 Å². The third-order valence-corrected chi connectivity index (χ3v) is 8.12. The summed E-state index contributed by atoms with van der Waals surface area (Å²) >= 11 is 12.1. The Hall–Kier alpha value is -2.92. The van der Waals surface area contributed by atoms with Crippen LogP contribution in [0.3, 0.4) is 0 Å². The third-order valence-electron chi connectivity index (χ3n) is 5.51. The Morgan fingerprint density at radius 2 is 1.89 bits per heavy atom. The molecule has 1 aliphatic rings. The Labute approximate surface area is 219 Å². The maximum absolute atomic E-state index is 12.6. The summed E-state index contributed by atoms with van der Waals surface area (Å²) in [5.74, 6) is -0.180. The topological polar surface area (TPSA) is 119 Å². The predicted molar refractivity (Wildman–Crippen MR) is 139 cm³/mol. The lowest BCUT2D eigenvalue weighted by Gasteiger charge is -2.17. The number of amidine groups is 1. The molecule has 36 heavy (non-hydrogen) atoms. The van der Waals surface area contributed by atoms with E-state index in [0.717, 1.165) is 5.56 Å². The highest BCUT2D eigenvalue weighted by Gasteiger charge is 2.24. The minimum absolute atomic E-state index is 0.0000426. The maximum Gasteiger partial charge on any atom is 0.413 e. The van der Waals surface area contributed by atoms with E-state index in [2.05, 4.69) is 10.3 Å². The molecule has 0 aromatic heterocycles. The van der Waals surface area contributed by atoms with Crippen LogP contribution in [-0.4, -0.2) is 73.7 Å². The summed E-state index contributed by atoms with van der Waals surface area (Å²) in [7, 11) is -2.03. The quantitative estimate of drug-likeness (QED) is 0.362. The van der Waals surface area contributed by atoms with E-state index in [1.54, 1.807) is 32.2 Å². The van der Waals surface area contributed by atoms with Gasteiger partial charge in [-0.15, -0.1) is 0 Å². The highest BCUT2D eigenvalue weighted by Crippen LogP contribution is 2.30. The molecule has 3 rings (SSSR count). The van der Waals surface area contributed by atoms with Crippen molar-refractivity contribution in [2.45, 2.75) is 18.4 Å². The molecule has 1 heterocycles. The molecule has 2 amide bonds. The van der Waals surface area contributed by atoms with Crippen molar-refractivity contribution in [3.05, 3.63) is 75.3 Å². The molecule has 2 N–H and O–H groups in total. The first-order valence-electron chi connectivity index (χ1n) is 10.9. The summed E-state index contributed by atoms with van der Waals surface area (Å²) in [5.41, 5.74) is 2.06. The van der Waals surface area contributed by atoms with Crippen LogP contribution in [0.2, 0.25) is 10.0 Å². The molecule has 0 aliphatic carbocycles. The molecule has 0 unspecified atom stereocenters. The van der Waals surface area contributed by atoms with Gasteiger partial charge in [-0.25, -0.2) is 13.2 Å². The number of carboxylic acid groups (broad SMARTS) is 1. The summed E-state index contributed by atoms with van der Waals surface area (Å²) in [6, 6.07) is 10.1. The molecule has 0 atom stereocenters. The number of benzene rings is 2. The lowest BCUT2D eigenvalue weighted by Crippen LogP contribution is -2.33. The van der Waals surface area contributed by atoms with Crippen LogP contribution in [0.15, 0.2) is 58.4 Å². The van der Waals surface area contributed by atoms with Crippen molar-refractivity contribution >= 4 is 50.9 Å². The second-order valence-electron chi connectivity index (χ2n) is 8.13. The maximum atomic E-state index is 12.6. The molecule has 1 aliphatic heterocycles. The number of aliphatic imine (C=N–C) groups is 1. The van der Waals surface area contributed by atoms with Crippen LogP contribution >= 0.6 is 23.2 Å². The normalized spacial score (nSPS) is 13.8. The summed E-state index contributed by atoms with van der Waals surface area (Å²) in [4.78, 5) is 30.7. The van der Waals surface area contributed by atoms with Crippen LogP contribution in [0.5, 0.6) is 0 Å². The molecular weight excluding hydrogens is 527 g/mol. The standard InChI is InChI=1S/C24H26Cl2N4O5S/c1-16-19(25)9-10-20(22(16)26)36(34,35)15-27-11-3-4-21(31)29(2)14-17-5-7-18(8-6-17)23-28-12-13-30(23)24(32)33/h3-10,27H,11-15H2,1-2H3,(H,32,33). The number of nitrogens with zero attached hydrogens (tertiary/aromatic N) is 3. The van der Waals surface area contributed by atoms with Crippen molar-refractivity contribution in [1.29, 1.82) is 0 Å². The van der Waals surface area contributed by atoms with Crippen molar-refractivity contribution in [2.24, 2.45) is 4.99 Å². The molecule has 0 saturated carbocycles. The molecule has 12 heteroatoms. The predicted octanol–water partition coefficient (Wildman–Crippen LogP) is 3.58. The summed E-state index contributed by atoms with van der Waals surface area (Å²) in [6.45, 7) is 2.93. The molecule has 0 fully saturated rings. The number of rotatable bonds is 9. The van der Waals surface area contributed by atoms with E-state index in [-0.39, 0.29) is 28.2 Å². The lowest BCUT2D eigenvalue weighted by atomic mass is 10.1. The first-order valence-corrected chi connectivity index (χ1v) is 13.4. The van der Waals surface area contributed by atoms with Crippen LogP contribution in [0.4, 0.5) is 4.79 Å². The van der Waals surface area contributed by atoms with Crippen molar-refractivity contribution in [3.8, 4) is 0 Å². The summed E-state index contributed by atoms with van der Waals surface area (Å²) in [5, 5.41) is 12.5. The minimum atomic E-state index is -3.68. The highest BCUT2D eigenvalue weighted by atomic mass is 35.5. The van der Waals surface area contributed by atoms with Gasteiger partial charge in [0.1, 0.15) is 11.7 Å². The third kappa shape index (κ3) is 6.64. The molecule has 0 radical (unpaired) electrons. The van der Waals surface area contributed by atoms with Crippen molar-refractivity contribution < 1.29 is 23.1 Å². The number of carbonyl (C=O) groups excluding carboxylic acids is 1. The molecule has 9 nitrogen and oxygen atoms in total. The number of hydrogen-bond donors (Lipinski definition) is 2. The SMILES string of the molecule is Cc1c(Cl)ccc(S(=O)(=O)CNCC=CC(=O)N(C)Cc2ccc(C3=NCCN3C(=O)O)cc2)c1Cl. The van der Waals surface area contributed by atoms with E-state index in [0.29, 0.717) is 41.6 Å². The van der Waals surface area contributed by atoms with E-state index in [9.17, 15) is 23.1 Å². The van der Waals surface area contributed by atoms with Gasteiger partial charge in [0.25, 0.3) is 0 Å². The van der Waals surface area contributed by atoms with Crippen LogP contribution < -0.4 is 5.32 Å². The number of carbonyl (C=O) groups is 2. The number of nitrogens with one attached hydrogen (secondary N) is 1. The van der Waals surface area contributed by atoms with E-state index >= 15 is 0 Å². The lowest BCUT2D eigenvalue weighted by molar-refractivity contribution is -0.125. The Kier molecular flexibility index (Phi) is 9.13. The largest absolute Gasteiger partial charge is 0.465 e. The van der Waals surface area contributed by atoms with Crippen molar-refractivity contribution in [2.75, 3.05) is 32.6 Å². The minimum Gasteiger partial charge on any atom is -0.465 e. The molecule has 0 bridgehead atoms. The zero-order chi connectivity index (χ0) is 26.5. The van der Waals surface area contributed by atoms with Crippen LogP contribution in [0.25, 0.3) is 0 Å². The number of hydrogen-bond acceptors (Lipinski definition) is 6. The highest BCUT2D eigenvalue weighted by molar-refractivity contribution is 7.91. The number of sulfone groups is 1. The van der Waals surface area contributed by atoms with Gasteiger partial charge in [0, 0.05) is 36.8 Å². The van der Waals surface area contributed by atoms with E-state index < -0.39 is 15.9 Å². The van der Waals surface area contributed by atoms with Gasteiger partial charge >= 0.3 is 6.09 Å². The van der Waals surface area contributed by atoms with Gasteiger partial charge < -0.3 is 10.0 Å². The second-order valence-corrected chi connectivity index (χ2v) is 10.9. The van der Waals surface area contributed by atoms with E-state index in [4.69, 9.17) is 23.2 Å². The smallest absolute Gasteiger partial charge is 0.413 e. The van der Waals surface area contributed by atoms with E-state index in [1.807, 2.05) is 12.1 Å². The van der Waals surface area contributed by atoms with Gasteiger partial charge in [-0.05, 0) is 30.2 Å². The molecule has 2 aromatic rings. The van der Waals surface area contributed by atoms with Gasteiger partial charge in [-0.1, -0.05) is 53.5 Å². The first kappa shape index (κ1) is 27.7. The number of amides is 2. The molecule has 2 aromatic carbocycles. The summed E-state index contributed by atoms with van der Waals surface area (Å²) < 4.78 is 25.1. The number of halogens is 2. The van der Waals surface area contributed by atoms with Gasteiger partial charge in [0.15, 0.2) is 9.84 Å². The Balaban J connectivity index is 1.49. The Morgan fingerprint density at radius 1 is 1.19 bits per heavy atom. The Morgan fingerprint density at radius 3 is 2.56 bits per heavy atom. The van der Waals surface area contributed by atoms with Crippen molar-refractivity contribution in [3.63, 3.8) is 0 Å². The molecular formula is C24H26Cl2N4O5S. The average molecular weight is 553 g/mol.